The number of nitrogens with one attached hydrogen (secondary N) is 1. The van der Waals surface area contributed by atoms with Gasteiger partial charge in [-0.25, -0.2) is 12.8 Å². The van der Waals surface area contributed by atoms with E-state index in [0.717, 1.165) is 25.7 Å². The van der Waals surface area contributed by atoms with E-state index >= 15 is 0 Å². The van der Waals surface area contributed by atoms with Crippen LogP contribution in [-0.4, -0.2) is 49.4 Å². The van der Waals surface area contributed by atoms with Crippen LogP contribution in [0, 0.1) is 5.82 Å². The number of sulfonamides is 1. The van der Waals surface area contributed by atoms with Crippen molar-refractivity contribution < 1.29 is 22.3 Å². The largest absolute Gasteiger partial charge is 0.494 e. The van der Waals surface area contributed by atoms with E-state index in [9.17, 15) is 17.6 Å². The molecule has 1 amide bonds. The van der Waals surface area contributed by atoms with Crippen molar-refractivity contribution >= 4 is 15.9 Å². The normalized spacial score (nSPS) is 15.1. The molecule has 3 rings (SSSR count). The highest BCUT2D eigenvalue weighted by Crippen LogP contribution is 2.22. The first-order chi connectivity index (χ1) is 14.4. The fourth-order valence-corrected chi connectivity index (χ4v) is 4.98. The van der Waals surface area contributed by atoms with E-state index in [4.69, 9.17) is 4.74 Å². The van der Waals surface area contributed by atoms with Gasteiger partial charge >= 0.3 is 0 Å². The van der Waals surface area contributed by atoms with E-state index in [1.54, 1.807) is 23.7 Å². The summed E-state index contributed by atoms with van der Waals surface area (Å²) >= 11 is 0. The van der Waals surface area contributed by atoms with E-state index in [0.29, 0.717) is 44.1 Å². The number of ether oxygens (including phenoxy) is 1. The minimum absolute atomic E-state index is 0.157. The zero-order valence-electron chi connectivity index (χ0n) is 17.1. The van der Waals surface area contributed by atoms with Gasteiger partial charge in [0.2, 0.25) is 10.0 Å². The topological polar surface area (TPSA) is 80.6 Å². The molecule has 1 aliphatic rings. The molecule has 1 aliphatic heterocycles. The van der Waals surface area contributed by atoms with Gasteiger partial charge in [-0.3, -0.25) is 4.79 Å². The summed E-state index contributed by atoms with van der Waals surface area (Å²) < 4.78 is 47.0. The third-order valence-corrected chi connectivity index (χ3v) is 6.97. The zero-order chi connectivity index (χ0) is 21.6. The number of nitrogens with zero attached hydrogens (tertiary/aromatic N) is 2. The highest BCUT2D eigenvalue weighted by atomic mass is 32.2. The van der Waals surface area contributed by atoms with E-state index in [1.807, 2.05) is 0 Å². The molecule has 1 aromatic heterocycles. The zero-order valence-corrected chi connectivity index (χ0v) is 18.0. The third-order valence-electron chi connectivity index (χ3n) is 5.10. The second kappa shape index (κ2) is 10.1. The van der Waals surface area contributed by atoms with Crippen molar-refractivity contribution in [1.82, 2.24) is 14.2 Å². The van der Waals surface area contributed by atoms with E-state index in [2.05, 4.69) is 5.32 Å². The first-order valence-corrected chi connectivity index (χ1v) is 11.6. The van der Waals surface area contributed by atoms with Crippen LogP contribution in [-0.2, 0) is 17.1 Å². The number of carbonyl (C=O) groups excluding carboxylic acids is 1. The number of halogens is 1. The second-order valence-corrected chi connectivity index (χ2v) is 9.34. The van der Waals surface area contributed by atoms with Crippen LogP contribution in [0.15, 0.2) is 41.4 Å². The predicted octanol–water partition coefficient (Wildman–Crippen LogP) is 2.93. The van der Waals surface area contributed by atoms with Gasteiger partial charge in [-0.2, -0.15) is 4.31 Å². The van der Waals surface area contributed by atoms with Gasteiger partial charge in [0, 0.05) is 32.9 Å². The van der Waals surface area contributed by atoms with Crippen molar-refractivity contribution in [2.45, 2.75) is 37.0 Å². The first kappa shape index (κ1) is 22.3. The van der Waals surface area contributed by atoms with Gasteiger partial charge in [0.25, 0.3) is 5.91 Å². The predicted molar refractivity (Wildman–Crippen MR) is 111 cm³/mol. The van der Waals surface area contributed by atoms with Crippen LogP contribution in [0.3, 0.4) is 0 Å². The summed E-state index contributed by atoms with van der Waals surface area (Å²) in [6.45, 7) is 1.96. The molecule has 1 N–H and O–H groups in total. The minimum atomic E-state index is -3.57. The Kier molecular flexibility index (Phi) is 7.49. The summed E-state index contributed by atoms with van der Waals surface area (Å²) in [7, 11) is -1.90. The Balaban J connectivity index is 1.45. The molecule has 0 saturated carbocycles. The number of hydrogen-bond acceptors (Lipinski definition) is 4. The Morgan fingerprint density at radius 1 is 1.13 bits per heavy atom. The summed E-state index contributed by atoms with van der Waals surface area (Å²) in [6.07, 6.45) is 5.70. The van der Waals surface area contributed by atoms with Crippen LogP contribution in [0.25, 0.3) is 0 Å². The molecule has 9 heteroatoms. The quantitative estimate of drug-likeness (QED) is 0.612. The molecule has 1 saturated heterocycles. The van der Waals surface area contributed by atoms with Crippen LogP contribution in [0.2, 0.25) is 0 Å². The number of piperidine rings is 1. The molecule has 2 aromatic rings. The Bertz CT molecular complexity index is 951. The molecule has 0 radical (unpaired) electrons. The SMILES string of the molecule is Cn1cc(S(=O)(=O)N2CCCCC2)cc1C(=O)NCCCCOc1ccc(F)cc1. The van der Waals surface area contributed by atoms with Crippen LogP contribution in [0.1, 0.15) is 42.6 Å². The second-order valence-electron chi connectivity index (χ2n) is 7.40. The molecule has 2 heterocycles. The fraction of sp³-hybridized carbons (Fsp3) is 0.476. The van der Waals surface area contributed by atoms with Gasteiger partial charge in [-0.15, -0.1) is 0 Å². The lowest BCUT2D eigenvalue weighted by molar-refractivity contribution is 0.0944. The van der Waals surface area contributed by atoms with Crippen molar-refractivity contribution in [2.75, 3.05) is 26.2 Å². The number of aryl methyl sites for hydroxylation is 1. The molecule has 0 bridgehead atoms. The standard InChI is InChI=1S/C21H28FN3O4S/c1-24-16-19(30(27,28)25-12-4-2-5-13-25)15-20(24)21(26)23-11-3-6-14-29-18-9-7-17(22)8-10-18/h7-10,15-16H,2-6,11-14H2,1H3,(H,23,26). The maximum atomic E-state index is 12.8. The Labute approximate surface area is 176 Å². The molecular weight excluding hydrogens is 409 g/mol. The van der Waals surface area contributed by atoms with Gasteiger partial charge in [0.15, 0.2) is 0 Å². The molecule has 164 valence electrons. The molecular formula is C21H28FN3O4S. The number of benzene rings is 1. The van der Waals surface area contributed by atoms with Crippen molar-refractivity contribution in [2.24, 2.45) is 7.05 Å². The average molecular weight is 438 g/mol. The summed E-state index contributed by atoms with van der Waals surface area (Å²) in [4.78, 5) is 12.6. The molecule has 0 unspecified atom stereocenters. The van der Waals surface area contributed by atoms with Gasteiger partial charge in [0.05, 0.1) is 6.61 Å². The van der Waals surface area contributed by atoms with E-state index in [-0.39, 0.29) is 16.6 Å². The minimum Gasteiger partial charge on any atom is -0.494 e. The summed E-state index contributed by atoms with van der Waals surface area (Å²) in [5, 5.41) is 2.82. The van der Waals surface area contributed by atoms with Crippen LogP contribution in [0.5, 0.6) is 5.75 Å². The first-order valence-electron chi connectivity index (χ1n) is 10.2. The number of rotatable bonds is 9. The van der Waals surface area contributed by atoms with Crippen molar-refractivity contribution in [1.29, 1.82) is 0 Å². The molecule has 0 atom stereocenters. The molecule has 0 aliphatic carbocycles. The fourth-order valence-electron chi connectivity index (χ4n) is 3.40. The molecule has 7 nitrogen and oxygen atoms in total. The molecule has 0 spiro atoms. The Hall–Kier alpha value is -2.39. The highest BCUT2D eigenvalue weighted by molar-refractivity contribution is 7.89. The number of hydrogen-bond donors (Lipinski definition) is 1. The van der Waals surface area contributed by atoms with Gasteiger partial charge < -0.3 is 14.6 Å². The van der Waals surface area contributed by atoms with Gasteiger partial charge in [-0.05, 0) is 56.0 Å². The molecule has 1 fully saturated rings. The van der Waals surface area contributed by atoms with Gasteiger partial charge in [0.1, 0.15) is 22.2 Å². The van der Waals surface area contributed by atoms with Gasteiger partial charge in [-0.1, -0.05) is 6.42 Å². The smallest absolute Gasteiger partial charge is 0.267 e. The van der Waals surface area contributed by atoms with Crippen LogP contribution in [0.4, 0.5) is 4.39 Å². The lowest BCUT2D eigenvalue weighted by atomic mass is 10.2. The number of carbonyl (C=O) groups is 1. The third kappa shape index (κ3) is 5.60. The highest BCUT2D eigenvalue weighted by Gasteiger charge is 2.28. The molecule has 30 heavy (non-hydrogen) atoms. The maximum absolute atomic E-state index is 12.8. The van der Waals surface area contributed by atoms with Crippen molar-refractivity contribution in [3.63, 3.8) is 0 Å². The monoisotopic (exact) mass is 437 g/mol. The van der Waals surface area contributed by atoms with Crippen LogP contribution < -0.4 is 10.1 Å². The Morgan fingerprint density at radius 2 is 1.83 bits per heavy atom. The van der Waals surface area contributed by atoms with Crippen LogP contribution >= 0.6 is 0 Å². The van der Waals surface area contributed by atoms with Crippen molar-refractivity contribution in [3.8, 4) is 5.75 Å². The summed E-state index contributed by atoms with van der Waals surface area (Å²) in [6, 6.07) is 7.27. The maximum Gasteiger partial charge on any atom is 0.267 e. The number of aromatic nitrogens is 1. The average Bonchev–Trinajstić information content (AvgIpc) is 3.15. The number of unbranched alkanes of at least 4 members (excludes halogenated alkanes) is 1. The lowest BCUT2D eigenvalue weighted by Gasteiger charge is -2.25. The Morgan fingerprint density at radius 3 is 2.53 bits per heavy atom. The molecule has 1 aromatic carbocycles. The summed E-state index contributed by atoms with van der Waals surface area (Å²) in [5.41, 5.74) is 0.313. The number of amides is 1. The van der Waals surface area contributed by atoms with Crippen molar-refractivity contribution in [3.05, 3.63) is 48.0 Å². The lowest BCUT2D eigenvalue weighted by Crippen LogP contribution is -2.35. The summed E-state index contributed by atoms with van der Waals surface area (Å²) in [5.74, 6) is -0.0126. The van der Waals surface area contributed by atoms with E-state index < -0.39 is 10.0 Å². The van der Waals surface area contributed by atoms with E-state index in [1.165, 1.54) is 28.7 Å².